The molecule has 4 N–H and O–H groups in total. The summed E-state index contributed by atoms with van der Waals surface area (Å²) in [6.07, 6.45) is 2.31. The summed E-state index contributed by atoms with van der Waals surface area (Å²) in [7, 11) is 0. The summed E-state index contributed by atoms with van der Waals surface area (Å²) < 4.78 is 0. The van der Waals surface area contributed by atoms with Crippen LogP contribution in [0.5, 0.6) is 0 Å². The number of nitrogen functional groups attached to an aromatic ring is 1. The third-order valence-electron chi connectivity index (χ3n) is 3.29. The monoisotopic (exact) mass is 234 g/mol. The zero-order valence-corrected chi connectivity index (χ0v) is 9.93. The van der Waals surface area contributed by atoms with E-state index in [0.29, 0.717) is 5.69 Å². The number of rotatable bonds is 3. The third kappa shape index (κ3) is 2.39. The van der Waals surface area contributed by atoms with Crippen molar-refractivity contribution in [1.82, 2.24) is 4.98 Å². The Morgan fingerprint density at radius 2 is 2.47 bits per heavy atom. The minimum atomic E-state index is -0.294. The summed E-state index contributed by atoms with van der Waals surface area (Å²) in [6, 6.07) is 3.77. The Bertz CT molecular complexity index is 419. The lowest BCUT2D eigenvalue weighted by molar-refractivity contribution is 0.136. The molecule has 0 saturated carbocycles. The predicted octanol–water partition coefficient (Wildman–Crippen LogP) is 0.573. The molecule has 5 nitrogen and oxygen atoms in total. The first-order valence-corrected chi connectivity index (χ1v) is 5.82. The molecule has 1 aromatic rings. The minimum Gasteiger partial charge on any atom is -0.393 e. The van der Waals surface area contributed by atoms with E-state index in [2.05, 4.69) is 9.88 Å². The first-order chi connectivity index (χ1) is 8.09. The van der Waals surface area contributed by atoms with Gasteiger partial charge in [-0.2, -0.15) is 0 Å². The van der Waals surface area contributed by atoms with E-state index in [1.165, 1.54) is 0 Å². The van der Waals surface area contributed by atoms with E-state index in [1.807, 2.05) is 19.1 Å². The van der Waals surface area contributed by atoms with Crippen molar-refractivity contribution in [3.8, 4) is 0 Å². The van der Waals surface area contributed by atoms with Crippen LogP contribution in [0, 0.1) is 11.3 Å². The Morgan fingerprint density at radius 3 is 3.06 bits per heavy atom. The standard InChI is InChI=1S/C12H18N4O/c1-8(17)9-4-6-16(7-9)10-3-2-5-15-11(10)12(13)14/h2-3,5,8-9,17H,4,6-7H2,1H3,(H3,13,14). The first-order valence-electron chi connectivity index (χ1n) is 5.82. The van der Waals surface area contributed by atoms with Gasteiger partial charge in [0.15, 0.2) is 0 Å². The predicted molar refractivity (Wildman–Crippen MR) is 67.3 cm³/mol. The fourth-order valence-corrected chi connectivity index (χ4v) is 2.26. The number of pyridine rings is 1. The minimum absolute atomic E-state index is 0.0129. The largest absolute Gasteiger partial charge is 0.393 e. The average Bonchev–Trinajstić information content (AvgIpc) is 2.78. The number of aliphatic hydroxyl groups excluding tert-OH is 1. The number of nitrogens with one attached hydrogen (secondary N) is 1. The van der Waals surface area contributed by atoms with Gasteiger partial charge in [-0.15, -0.1) is 0 Å². The quantitative estimate of drug-likeness (QED) is 0.527. The molecule has 1 saturated heterocycles. The van der Waals surface area contributed by atoms with Crippen molar-refractivity contribution in [2.24, 2.45) is 11.7 Å². The van der Waals surface area contributed by atoms with Gasteiger partial charge in [0.25, 0.3) is 0 Å². The van der Waals surface area contributed by atoms with Crippen LogP contribution < -0.4 is 10.6 Å². The van der Waals surface area contributed by atoms with Crippen LogP contribution in [-0.2, 0) is 0 Å². The Hall–Kier alpha value is -1.62. The van der Waals surface area contributed by atoms with Crippen LogP contribution in [-0.4, -0.2) is 35.1 Å². The molecule has 0 spiro atoms. The van der Waals surface area contributed by atoms with E-state index < -0.39 is 0 Å². The number of aliphatic hydroxyl groups is 1. The van der Waals surface area contributed by atoms with E-state index >= 15 is 0 Å². The number of amidine groups is 1. The van der Waals surface area contributed by atoms with E-state index in [9.17, 15) is 5.11 Å². The molecule has 2 heterocycles. The number of anilines is 1. The fourth-order valence-electron chi connectivity index (χ4n) is 2.26. The summed E-state index contributed by atoms with van der Waals surface area (Å²) in [5.41, 5.74) is 6.94. The summed E-state index contributed by atoms with van der Waals surface area (Å²) in [5.74, 6) is 0.274. The molecule has 0 aromatic carbocycles. The lowest BCUT2D eigenvalue weighted by Gasteiger charge is -2.21. The molecule has 92 valence electrons. The summed E-state index contributed by atoms with van der Waals surface area (Å²) in [5, 5.41) is 17.1. The maximum atomic E-state index is 9.59. The smallest absolute Gasteiger partial charge is 0.143 e. The molecule has 0 amide bonds. The molecular weight excluding hydrogens is 216 g/mol. The first kappa shape index (κ1) is 11.9. The zero-order valence-electron chi connectivity index (χ0n) is 9.93. The van der Waals surface area contributed by atoms with Crippen molar-refractivity contribution < 1.29 is 5.11 Å². The summed E-state index contributed by atoms with van der Waals surface area (Å²) >= 11 is 0. The van der Waals surface area contributed by atoms with Gasteiger partial charge in [0, 0.05) is 25.2 Å². The average molecular weight is 234 g/mol. The second-order valence-corrected chi connectivity index (χ2v) is 4.52. The Labute approximate surface area is 101 Å². The van der Waals surface area contributed by atoms with Crippen molar-refractivity contribution in [3.05, 3.63) is 24.0 Å². The number of hydrogen-bond donors (Lipinski definition) is 3. The number of hydrogen-bond acceptors (Lipinski definition) is 4. The molecule has 1 aliphatic rings. The van der Waals surface area contributed by atoms with Gasteiger partial charge in [-0.3, -0.25) is 10.4 Å². The highest BCUT2D eigenvalue weighted by Crippen LogP contribution is 2.27. The molecule has 0 radical (unpaired) electrons. The highest BCUT2D eigenvalue weighted by molar-refractivity contribution is 5.98. The summed E-state index contributed by atoms with van der Waals surface area (Å²) in [4.78, 5) is 6.28. The second kappa shape index (κ2) is 4.71. The molecule has 5 heteroatoms. The van der Waals surface area contributed by atoms with Gasteiger partial charge in [-0.25, -0.2) is 0 Å². The lowest BCUT2D eigenvalue weighted by Crippen LogP contribution is -2.27. The number of aromatic nitrogens is 1. The van der Waals surface area contributed by atoms with Crippen molar-refractivity contribution in [2.75, 3.05) is 18.0 Å². The highest BCUT2D eigenvalue weighted by Gasteiger charge is 2.27. The maximum Gasteiger partial charge on any atom is 0.143 e. The van der Waals surface area contributed by atoms with Crippen LogP contribution in [0.15, 0.2) is 18.3 Å². The van der Waals surface area contributed by atoms with Crippen molar-refractivity contribution in [2.45, 2.75) is 19.4 Å². The van der Waals surface area contributed by atoms with Gasteiger partial charge in [0.05, 0.1) is 11.8 Å². The number of nitrogens with zero attached hydrogens (tertiary/aromatic N) is 2. The van der Waals surface area contributed by atoms with Crippen molar-refractivity contribution in [1.29, 1.82) is 5.41 Å². The third-order valence-corrected chi connectivity index (χ3v) is 3.29. The van der Waals surface area contributed by atoms with Gasteiger partial charge in [-0.1, -0.05) is 0 Å². The molecule has 0 bridgehead atoms. The van der Waals surface area contributed by atoms with Gasteiger partial charge in [-0.05, 0) is 25.5 Å². The maximum absolute atomic E-state index is 9.59. The van der Waals surface area contributed by atoms with Crippen LogP contribution in [0.1, 0.15) is 19.0 Å². The molecule has 2 rings (SSSR count). The van der Waals surface area contributed by atoms with E-state index in [1.54, 1.807) is 6.20 Å². The lowest BCUT2D eigenvalue weighted by atomic mass is 10.0. The topological polar surface area (TPSA) is 86.2 Å². The summed E-state index contributed by atoms with van der Waals surface area (Å²) in [6.45, 7) is 3.49. The molecule has 1 aliphatic heterocycles. The van der Waals surface area contributed by atoms with Gasteiger partial charge in [0.2, 0.25) is 0 Å². The highest BCUT2D eigenvalue weighted by atomic mass is 16.3. The van der Waals surface area contributed by atoms with Crippen LogP contribution in [0.25, 0.3) is 0 Å². The molecular formula is C12H18N4O. The van der Waals surface area contributed by atoms with Crippen molar-refractivity contribution >= 4 is 11.5 Å². The van der Waals surface area contributed by atoms with Crippen LogP contribution in [0.3, 0.4) is 0 Å². The van der Waals surface area contributed by atoms with E-state index in [-0.39, 0.29) is 17.9 Å². The zero-order chi connectivity index (χ0) is 12.4. The van der Waals surface area contributed by atoms with Gasteiger partial charge in [0.1, 0.15) is 11.5 Å². The van der Waals surface area contributed by atoms with Gasteiger partial charge >= 0.3 is 0 Å². The molecule has 2 atom stereocenters. The SMILES string of the molecule is CC(O)C1CCN(c2cccnc2C(=N)N)C1. The van der Waals surface area contributed by atoms with E-state index in [4.69, 9.17) is 11.1 Å². The van der Waals surface area contributed by atoms with Crippen LogP contribution in [0.4, 0.5) is 5.69 Å². The van der Waals surface area contributed by atoms with Crippen molar-refractivity contribution in [3.63, 3.8) is 0 Å². The van der Waals surface area contributed by atoms with Crippen LogP contribution >= 0.6 is 0 Å². The number of nitrogens with two attached hydrogens (primary N) is 1. The normalized spacial score (nSPS) is 21.5. The van der Waals surface area contributed by atoms with E-state index in [0.717, 1.165) is 25.2 Å². The molecule has 17 heavy (non-hydrogen) atoms. The molecule has 1 aromatic heterocycles. The van der Waals surface area contributed by atoms with Gasteiger partial charge < -0.3 is 15.7 Å². The molecule has 2 unspecified atom stereocenters. The Kier molecular flexibility index (Phi) is 3.28. The molecule has 1 fully saturated rings. The Balaban J connectivity index is 2.21. The molecule has 0 aliphatic carbocycles. The second-order valence-electron chi connectivity index (χ2n) is 4.52. The Morgan fingerprint density at radius 1 is 1.71 bits per heavy atom. The fraction of sp³-hybridized carbons (Fsp3) is 0.500. The van der Waals surface area contributed by atoms with Crippen LogP contribution in [0.2, 0.25) is 0 Å².